The molecule has 1 heteroatoms. The summed E-state index contributed by atoms with van der Waals surface area (Å²) >= 11 is 0. The van der Waals surface area contributed by atoms with Crippen LogP contribution in [0.4, 0.5) is 0 Å². The molecule has 5 aliphatic rings. The van der Waals surface area contributed by atoms with Gasteiger partial charge in [0.05, 0.1) is 6.10 Å². The van der Waals surface area contributed by atoms with Crippen LogP contribution in [0.5, 0.6) is 0 Å². The zero-order valence-corrected chi connectivity index (χ0v) is 20.1. The molecule has 5 fully saturated rings. The number of aliphatic hydroxyl groups is 1. The third-order valence-corrected chi connectivity index (χ3v) is 12.3. The van der Waals surface area contributed by atoms with E-state index in [9.17, 15) is 5.11 Å². The number of hydrogen-bond donors (Lipinski definition) is 1. The van der Waals surface area contributed by atoms with Gasteiger partial charge < -0.3 is 5.11 Å². The molecular formula is C28H48O. The topological polar surface area (TPSA) is 20.2 Å². The van der Waals surface area contributed by atoms with Crippen LogP contribution in [0.2, 0.25) is 0 Å². The van der Waals surface area contributed by atoms with Crippen molar-refractivity contribution >= 4 is 0 Å². The number of aliphatic hydroxyl groups excluding tert-OH is 1. The highest BCUT2D eigenvalue weighted by Gasteiger charge is 2.80. The Morgan fingerprint density at radius 3 is 2.38 bits per heavy atom. The summed E-state index contributed by atoms with van der Waals surface area (Å²) in [7, 11) is 0. The zero-order chi connectivity index (χ0) is 20.7. The fraction of sp³-hybridized carbons (Fsp3) is 1.00. The van der Waals surface area contributed by atoms with Crippen molar-refractivity contribution in [2.24, 2.45) is 51.2 Å². The minimum absolute atomic E-state index is 0.00631. The van der Waals surface area contributed by atoms with Crippen molar-refractivity contribution in [3.05, 3.63) is 0 Å². The Morgan fingerprint density at radius 2 is 1.62 bits per heavy atom. The van der Waals surface area contributed by atoms with Crippen molar-refractivity contribution in [3.8, 4) is 0 Å². The molecule has 2 spiro atoms. The molecule has 5 rings (SSSR count). The molecule has 166 valence electrons. The van der Waals surface area contributed by atoms with E-state index < -0.39 is 0 Å². The normalized spacial score (nSPS) is 54.3. The number of rotatable bonds is 5. The molecule has 0 saturated heterocycles. The van der Waals surface area contributed by atoms with Gasteiger partial charge in [-0.05, 0) is 115 Å². The van der Waals surface area contributed by atoms with E-state index in [0.29, 0.717) is 21.7 Å². The third-order valence-electron chi connectivity index (χ3n) is 12.3. The van der Waals surface area contributed by atoms with E-state index in [2.05, 4.69) is 34.6 Å². The van der Waals surface area contributed by atoms with Crippen LogP contribution in [-0.2, 0) is 0 Å². The molecule has 9 atom stereocenters. The van der Waals surface area contributed by atoms with Crippen molar-refractivity contribution < 1.29 is 5.11 Å². The maximum atomic E-state index is 10.3. The first-order valence-corrected chi connectivity index (χ1v) is 13.4. The predicted molar refractivity (Wildman–Crippen MR) is 122 cm³/mol. The Balaban J connectivity index is 1.36. The molecule has 0 radical (unpaired) electrons. The highest BCUT2D eigenvalue weighted by atomic mass is 16.3. The molecule has 1 N–H and O–H groups in total. The summed E-state index contributed by atoms with van der Waals surface area (Å²) in [5.41, 5.74) is 2.48. The standard InChI is InChI=1S/C28H48O/c1-19(2)7-6-8-20(3)23-12-13-26(5)24-10-9-21-17-22(29)11-14-27(21)18-28(24,27)16-15-25(23,26)4/h19-24,29H,6-18H2,1-5H3/t20-,21+,22-,23+,24-,25+,26-,27-,28+/m1/s1. The van der Waals surface area contributed by atoms with Crippen LogP contribution in [0, 0.1) is 51.2 Å². The molecule has 5 aliphatic carbocycles. The van der Waals surface area contributed by atoms with Gasteiger partial charge in [0.25, 0.3) is 0 Å². The maximum absolute atomic E-state index is 10.3. The average Bonchev–Trinajstić information content (AvgIpc) is 3.24. The summed E-state index contributed by atoms with van der Waals surface area (Å²) in [6.07, 6.45) is 18.3. The monoisotopic (exact) mass is 400 g/mol. The molecule has 0 heterocycles. The van der Waals surface area contributed by atoms with Gasteiger partial charge in [0.1, 0.15) is 0 Å². The predicted octanol–water partition coefficient (Wildman–Crippen LogP) is 7.61. The summed E-state index contributed by atoms with van der Waals surface area (Å²) in [6.45, 7) is 12.9. The lowest BCUT2D eigenvalue weighted by Gasteiger charge is -2.61. The summed E-state index contributed by atoms with van der Waals surface area (Å²) in [6, 6.07) is 0. The van der Waals surface area contributed by atoms with Crippen molar-refractivity contribution in [1.29, 1.82) is 0 Å². The quantitative estimate of drug-likeness (QED) is 0.503. The molecule has 0 aromatic carbocycles. The van der Waals surface area contributed by atoms with Crippen molar-refractivity contribution in [2.75, 3.05) is 0 Å². The second-order valence-electron chi connectivity index (χ2n) is 13.5. The van der Waals surface area contributed by atoms with E-state index in [1.54, 1.807) is 0 Å². The molecule has 0 bridgehead atoms. The van der Waals surface area contributed by atoms with Crippen LogP contribution in [0.25, 0.3) is 0 Å². The van der Waals surface area contributed by atoms with Crippen LogP contribution in [0.3, 0.4) is 0 Å². The summed E-state index contributed by atoms with van der Waals surface area (Å²) in [4.78, 5) is 0. The summed E-state index contributed by atoms with van der Waals surface area (Å²) in [5, 5.41) is 10.3. The van der Waals surface area contributed by atoms with E-state index >= 15 is 0 Å². The summed E-state index contributed by atoms with van der Waals surface area (Å²) < 4.78 is 0. The van der Waals surface area contributed by atoms with Crippen LogP contribution < -0.4 is 0 Å². The Morgan fingerprint density at radius 1 is 0.828 bits per heavy atom. The van der Waals surface area contributed by atoms with Crippen molar-refractivity contribution in [1.82, 2.24) is 0 Å². The first-order valence-electron chi connectivity index (χ1n) is 13.4. The lowest BCUT2D eigenvalue weighted by Crippen LogP contribution is -2.55. The molecule has 0 amide bonds. The zero-order valence-electron chi connectivity index (χ0n) is 20.1. The first kappa shape index (κ1) is 20.8. The minimum atomic E-state index is 0.00631. The Bertz CT molecular complexity index is 640. The van der Waals surface area contributed by atoms with Gasteiger partial charge >= 0.3 is 0 Å². The van der Waals surface area contributed by atoms with Gasteiger partial charge in [-0.1, -0.05) is 53.9 Å². The number of hydrogen-bond acceptors (Lipinski definition) is 1. The number of fused-ring (bicyclic) bond motifs is 2. The van der Waals surface area contributed by atoms with E-state index in [1.165, 1.54) is 70.6 Å². The average molecular weight is 401 g/mol. The lowest BCUT2D eigenvalue weighted by molar-refractivity contribution is -0.133. The molecule has 0 aliphatic heterocycles. The molecule has 29 heavy (non-hydrogen) atoms. The Kier molecular flexibility index (Phi) is 4.83. The van der Waals surface area contributed by atoms with Crippen molar-refractivity contribution in [2.45, 2.75) is 124 Å². The maximum Gasteiger partial charge on any atom is 0.0543 e. The van der Waals surface area contributed by atoms with E-state index in [4.69, 9.17) is 0 Å². The summed E-state index contributed by atoms with van der Waals surface area (Å²) in [5.74, 6) is 4.55. The van der Waals surface area contributed by atoms with Gasteiger partial charge in [0.2, 0.25) is 0 Å². The second-order valence-corrected chi connectivity index (χ2v) is 13.5. The van der Waals surface area contributed by atoms with Gasteiger partial charge in [-0.2, -0.15) is 0 Å². The molecular weight excluding hydrogens is 352 g/mol. The molecule has 5 saturated carbocycles. The largest absolute Gasteiger partial charge is 0.393 e. The Labute approximate surface area is 180 Å². The van der Waals surface area contributed by atoms with Crippen molar-refractivity contribution in [3.63, 3.8) is 0 Å². The smallest absolute Gasteiger partial charge is 0.0543 e. The van der Waals surface area contributed by atoms with Gasteiger partial charge in [-0.3, -0.25) is 0 Å². The fourth-order valence-corrected chi connectivity index (χ4v) is 10.6. The molecule has 0 unspecified atom stereocenters. The minimum Gasteiger partial charge on any atom is -0.393 e. The second kappa shape index (κ2) is 6.73. The molecule has 0 aromatic heterocycles. The van der Waals surface area contributed by atoms with Gasteiger partial charge in [0.15, 0.2) is 0 Å². The highest BCUT2D eigenvalue weighted by Crippen LogP contribution is 2.87. The first-order chi connectivity index (χ1) is 13.7. The fourth-order valence-electron chi connectivity index (χ4n) is 10.6. The van der Waals surface area contributed by atoms with Gasteiger partial charge in [-0.15, -0.1) is 0 Å². The van der Waals surface area contributed by atoms with Gasteiger partial charge in [0, 0.05) is 0 Å². The van der Waals surface area contributed by atoms with Crippen LogP contribution >= 0.6 is 0 Å². The molecule has 1 nitrogen and oxygen atoms in total. The molecule has 0 aromatic rings. The van der Waals surface area contributed by atoms with Gasteiger partial charge in [-0.25, -0.2) is 0 Å². The third kappa shape index (κ3) is 2.67. The Hall–Kier alpha value is -0.0400. The highest BCUT2D eigenvalue weighted by molar-refractivity contribution is 5.29. The lowest BCUT2D eigenvalue weighted by atomic mass is 9.43. The van der Waals surface area contributed by atoms with Crippen LogP contribution in [-0.4, -0.2) is 11.2 Å². The SMILES string of the molecule is CC(C)CCC[C@@H](C)[C@@H]1CC[C@]2(C)[C@H]3CC[C@H]4C[C@H](O)CC[C@@]45C[C@@]35CC[C@@]12C. The van der Waals surface area contributed by atoms with E-state index in [1.807, 2.05) is 0 Å². The van der Waals surface area contributed by atoms with E-state index in [0.717, 1.165) is 42.4 Å². The van der Waals surface area contributed by atoms with Crippen LogP contribution in [0.1, 0.15) is 118 Å². The van der Waals surface area contributed by atoms with Crippen LogP contribution in [0.15, 0.2) is 0 Å². The van der Waals surface area contributed by atoms with E-state index in [-0.39, 0.29) is 6.10 Å².